The van der Waals surface area contributed by atoms with Gasteiger partial charge in [0.15, 0.2) is 0 Å². The Labute approximate surface area is 127 Å². The number of benzene rings is 1. The first-order chi connectivity index (χ1) is 9.70. The highest BCUT2D eigenvalue weighted by Crippen LogP contribution is 2.29. The van der Waals surface area contributed by atoms with Crippen molar-refractivity contribution in [3.8, 4) is 11.5 Å². The third kappa shape index (κ3) is 4.11. The average Bonchev–Trinajstić information content (AvgIpc) is 2.49. The molecule has 1 amide bonds. The molecule has 5 nitrogen and oxygen atoms in total. The topological polar surface area (TPSA) is 50.8 Å². The second kappa shape index (κ2) is 7.50. The summed E-state index contributed by atoms with van der Waals surface area (Å²) in [5, 5.41) is 3.23. The van der Waals surface area contributed by atoms with Crippen LogP contribution in [0.15, 0.2) is 22.7 Å². The molecule has 0 atom stereocenters. The first kappa shape index (κ1) is 15.1. The standard InChI is InChI=1S/C14H19BrN2O3/c1-19-11-2-3-13(12(15)10-11)20-9-4-14(18)17-7-5-16-6-8-17/h2-3,10,16H,4-9H2,1H3. The molecule has 1 aromatic carbocycles. The van der Waals surface area contributed by atoms with Crippen LogP contribution in [-0.4, -0.2) is 50.7 Å². The largest absolute Gasteiger partial charge is 0.497 e. The second-order valence-electron chi connectivity index (χ2n) is 4.53. The van der Waals surface area contributed by atoms with Crippen LogP contribution in [0.1, 0.15) is 6.42 Å². The van der Waals surface area contributed by atoms with Crippen LogP contribution < -0.4 is 14.8 Å². The van der Waals surface area contributed by atoms with Gasteiger partial charge in [-0.05, 0) is 34.1 Å². The van der Waals surface area contributed by atoms with Crippen LogP contribution in [0.25, 0.3) is 0 Å². The number of piperazine rings is 1. The minimum absolute atomic E-state index is 0.149. The van der Waals surface area contributed by atoms with Gasteiger partial charge < -0.3 is 19.7 Å². The molecule has 1 aliphatic rings. The fourth-order valence-corrected chi connectivity index (χ4v) is 2.52. The predicted molar refractivity (Wildman–Crippen MR) is 80.3 cm³/mol. The van der Waals surface area contributed by atoms with Gasteiger partial charge in [0, 0.05) is 26.2 Å². The van der Waals surface area contributed by atoms with Crippen LogP contribution in [0.3, 0.4) is 0 Å². The van der Waals surface area contributed by atoms with Crippen LogP contribution in [0.2, 0.25) is 0 Å². The molecule has 0 aromatic heterocycles. The zero-order valence-corrected chi connectivity index (χ0v) is 13.1. The number of methoxy groups -OCH3 is 1. The van der Waals surface area contributed by atoms with E-state index >= 15 is 0 Å². The summed E-state index contributed by atoms with van der Waals surface area (Å²) in [4.78, 5) is 13.8. The molecule has 20 heavy (non-hydrogen) atoms. The molecule has 0 unspecified atom stereocenters. The van der Waals surface area contributed by atoms with Gasteiger partial charge in [0.05, 0.1) is 24.6 Å². The molecule has 110 valence electrons. The van der Waals surface area contributed by atoms with Crippen molar-refractivity contribution in [2.45, 2.75) is 6.42 Å². The van der Waals surface area contributed by atoms with Gasteiger partial charge in [-0.15, -0.1) is 0 Å². The molecule has 1 heterocycles. The number of carbonyl (C=O) groups is 1. The lowest BCUT2D eigenvalue weighted by atomic mass is 10.3. The Bertz CT molecular complexity index is 462. The van der Waals surface area contributed by atoms with Crippen LogP contribution in [0, 0.1) is 0 Å². The molecule has 2 rings (SSSR count). The van der Waals surface area contributed by atoms with Gasteiger partial charge in [0.2, 0.25) is 5.91 Å². The van der Waals surface area contributed by atoms with E-state index in [-0.39, 0.29) is 5.91 Å². The summed E-state index contributed by atoms with van der Waals surface area (Å²) in [7, 11) is 1.62. The number of halogens is 1. The molecule has 1 aromatic rings. The highest BCUT2D eigenvalue weighted by atomic mass is 79.9. The number of nitrogens with one attached hydrogen (secondary N) is 1. The number of rotatable bonds is 5. The van der Waals surface area contributed by atoms with Crippen molar-refractivity contribution < 1.29 is 14.3 Å². The Hall–Kier alpha value is -1.27. The van der Waals surface area contributed by atoms with E-state index in [9.17, 15) is 4.79 Å². The van der Waals surface area contributed by atoms with Crippen molar-refractivity contribution >= 4 is 21.8 Å². The summed E-state index contributed by atoms with van der Waals surface area (Å²) in [6, 6.07) is 5.50. The summed E-state index contributed by atoms with van der Waals surface area (Å²) in [6.45, 7) is 3.69. The minimum Gasteiger partial charge on any atom is -0.497 e. The van der Waals surface area contributed by atoms with E-state index < -0.39 is 0 Å². The van der Waals surface area contributed by atoms with Crippen LogP contribution in [0.5, 0.6) is 11.5 Å². The molecule has 6 heteroatoms. The molecule has 1 N–H and O–H groups in total. The van der Waals surface area contributed by atoms with Gasteiger partial charge in [0.1, 0.15) is 11.5 Å². The van der Waals surface area contributed by atoms with Crippen molar-refractivity contribution in [2.75, 3.05) is 39.9 Å². The number of ether oxygens (including phenoxy) is 2. The second-order valence-corrected chi connectivity index (χ2v) is 5.38. The maximum Gasteiger partial charge on any atom is 0.226 e. The zero-order valence-electron chi connectivity index (χ0n) is 11.5. The van der Waals surface area contributed by atoms with Gasteiger partial charge in [-0.25, -0.2) is 0 Å². The van der Waals surface area contributed by atoms with Gasteiger partial charge in [-0.2, -0.15) is 0 Å². The van der Waals surface area contributed by atoms with E-state index in [4.69, 9.17) is 9.47 Å². The van der Waals surface area contributed by atoms with Gasteiger partial charge in [-0.3, -0.25) is 4.79 Å². The van der Waals surface area contributed by atoms with Gasteiger partial charge in [-0.1, -0.05) is 0 Å². The van der Waals surface area contributed by atoms with E-state index in [1.54, 1.807) is 7.11 Å². The Balaban J connectivity index is 1.79. The molecule has 0 aliphatic carbocycles. The molecular formula is C14H19BrN2O3. The van der Waals surface area contributed by atoms with Crippen molar-refractivity contribution in [2.24, 2.45) is 0 Å². The Kier molecular flexibility index (Phi) is 5.67. The quantitative estimate of drug-likeness (QED) is 0.884. The maximum atomic E-state index is 12.0. The van der Waals surface area contributed by atoms with E-state index in [2.05, 4.69) is 21.2 Å². The molecular weight excluding hydrogens is 324 g/mol. The number of hydrogen-bond acceptors (Lipinski definition) is 4. The lowest BCUT2D eigenvalue weighted by molar-refractivity contribution is -0.132. The highest BCUT2D eigenvalue weighted by Gasteiger charge is 2.15. The summed E-state index contributed by atoms with van der Waals surface area (Å²) in [5.41, 5.74) is 0. The molecule has 1 saturated heterocycles. The normalized spacial score (nSPS) is 15.0. The fourth-order valence-electron chi connectivity index (χ4n) is 2.05. The van der Waals surface area contributed by atoms with Crippen molar-refractivity contribution in [3.63, 3.8) is 0 Å². The number of amides is 1. The fraction of sp³-hybridized carbons (Fsp3) is 0.500. The smallest absolute Gasteiger partial charge is 0.226 e. The third-order valence-electron chi connectivity index (χ3n) is 3.18. The Morgan fingerprint density at radius 1 is 1.40 bits per heavy atom. The molecule has 0 saturated carbocycles. The maximum absolute atomic E-state index is 12.0. The molecule has 0 bridgehead atoms. The van der Waals surface area contributed by atoms with Gasteiger partial charge in [0.25, 0.3) is 0 Å². The summed E-state index contributed by atoms with van der Waals surface area (Å²) >= 11 is 3.42. The van der Waals surface area contributed by atoms with E-state index in [1.165, 1.54) is 0 Å². The number of carbonyl (C=O) groups excluding carboxylic acids is 1. The van der Waals surface area contributed by atoms with Crippen LogP contribution in [0.4, 0.5) is 0 Å². The first-order valence-corrected chi connectivity index (χ1v) is 7.45. The number of nitrogens with zero attached hydrogens (tertiary/aromatic N) is 1. The lowest BCUT2D eigenvalue weighted by Crippen LogP contribution is -2.46. The first-order valence-electron chi connectivity index (χ1n) is 6.65. The average molecular weight is 343 g/mol. The van der Waals surface area contributed by atoms with Gasteiger partial charge >= 0.3 is 0 Å². The summed E-state index contributed by atoms with van der Waals surface area (Å²) < 4.78 is 11.6. The van der Waals surface area contributed by atoms with E-state index in [0.717, 1.165) is 42.2 Å². The SMILES string of the molecule is COc1ccc(OCCC(=O)N2CCNCC2)c(Br)c1. The van der Waals surface area contributed by atoms with Crippen molar-refractivity contribution in [3.05, 3.63) is 22.7 Å². The zero-order chi connectivity index (χ0) is 14.4. The number of hydrogen-bond donors (Lipinski definition) is 1. The van der Waals surface area contributed by atoms with Crippen LogP contribution in [-0.2, 0) is 4.79 Å². The van der Waals surface area contributed by atoms with Crippen molar-refractivity contribution in [1.82, 2.24) is 10.2 Å². The third-order valence-corrected chi connectivity index (χ3v) is 3.80. The summed E-state index contributed by atoms with van der Waals surface area (Å²) in [5.74, 6) is 1.64. The minimum atomic E-state index is 0.149. The van der Waals surface area contributed by atoms with E-state index in [0.29, 0.717) is 13.0 Å². The van der Waals surface area contributed by atoms with E-state index in [1.807, 2.05) is 23.1 Å². The monoisotopic (exact) mass is 342 g/mol. The Morgan fingerprint density at radius 2 is 2.15 bits per heavy atom. The highest BCUT2D eigenvalue weighted by molar-refractivity contribution is 9.10. The summed E-state index contributed by atoms with van der Waals surface area (Å²) in [6.07, 6.45) is 0.401. The molecule has 0 spiro atoms. The molecule has 0 radical (unpaired) electrons. The van der Waals surface area contributed by atoms with Crippen LogP contribution >= 0.6 is 15.9 Å². The predicted octanol–water partition coefficient (Wildman–Crippen LogP) is 1.66. The molecule has 1 fully saturated rings. The molecule has 1 aliphatic heterocycles. The van der Waals surface area contributed by atoms with Crippen molar-refractivity contribution in [1.29, 1.82) is 0 Å². The Morgan fingerprint density at radius 3 is 2.80 bits per heavy atom. The lowest BCUT2D eigenvalue weighted by Gasteiger charge is -2.27.